The topological polar surface area (TPSA) is 53.5 Å². The highest BCUT2D eigenvalue weighted by Crippen LogP contribution is 2.21. The van der Waals surface area contributed by atoms with Crippen LogP contribution in [0.15, 0.2) is 31.0 Å². The van der Waals surface area contributed by atoms with Gasteiger partial charge in [-0.05, 0) is 25.1 Å². The highest BCUT2D eigenvalue weighted by atomic mass is 16.2. The first-order valence-corrected chi connectivity index (χ1v) is 7.93. The van der Waals surface area contributed by atoms with E-state index in [0.717, 1.165) is 5.69 Å². The quantitative estimate of drug-likeness (QED) is 0.787. The van der Waals surface area contributed by atoms with Crippen molar-refractivity contribution in [2.24, 2.45) is 0 Å². The van der Waals surface area contributed by atoms with Crippen molar-refractivity contribution in [3.05, 3.63) is 42.2 Å². The normalized spacial score (nSPS) is 18.7. The van der Waals surface area contributed by atoms with Gasteiger partial charge < -0.3 is 9.80 Å². The fourth-order valence-electron chi connectivity index (χ4n) is 2.74. The standard InChI is InChI=1S/C18H25N3O2/c1-6-16(22)21-10-9-20(12-13(21)2)17(23)14-7-8-19-15(11-14)18(3,4)5/h6-8,11,13H,1,9-10,12H2,2-5H3/t13-/m1/s1. The van der Waals surface area contributed by atoms with Gasteiger partial charge >= 0.3 is 0 Å². The van der Waals surface area contributed by atoms with Gasteiger partial charge in [0.1, 0.15) is 0 Å². The number of amides is 2. The maximum absolute atomic E-state index is 12.7. The molecule has 23 heavy (non-hydrogen) atoms. The lowest BCUT2D eigenvalue weighted by atomic mass is 9.90. The molecule has 0 spiro atoms. The maximum atomic E-state index is 12.7. The lowest BCUT2D eigenvalue weighted by molar-refractivity contribution is -0.129. The van der Waals surface area contributed by atoms with Gasteiger partial charge in [0.05, 0.1) is 0 Å². The van der Waals surface area contributed by atoms with Gasteiger partial charge in [0.2, 0.25) is 5.91 Å². The number of carbonyl (C=O) groups excluding carboxylic acids is 2. The minimum absolute atomic E-state index is 0.00421. The molecule has 0 aliphatic carbocycles. The van der Waals surface area contributed by atoms with Crippen molar-refractivity contribution >= 4 is 11.8 Å². The van der Waals surface area contributed by atoms with E-state index in [-0.39, 0.29) is 23.3 Å². The van der Waals surface area contributed by atoms with Crippen LogP contribution in [0.25, 0.3) is 0 Å². The number of piperazine rings is 1. The highest BCUT2D eigenvalue weighted by molar-refractivity contribution is 5.94. The SMILES string of the molecule is C=CC(=O)N1CCN(C(=O)c2ccnc(C(C)(C)C)c2)C[C@H]1C. The van der Waals surface area contributed by atoms with E-state index in [0.29, 0.717) is 25.2 Å². The zero-order chi connectivity index (χ0) is 17.2. The van der Waals surface area contributed by atoms with Crippen molar-refractivity contribution in [1.82, 2.24) is 14.8 Å². The summed E-state index contributed by atoms with van der Waals surface area (Å²) < 4.78 is 0. The fourth-order valence-corrected chi connectivity index (χ4v) is 2.74. The summed E-state index contributed by atoms with van der Waals surface area (Å²) in [5.74, 6) is -0.0843. The van der Waals surface area contributed by atoms with E-state index in [9.17, 15) is 9.59 Å². The average molecular weight is 315 g/mol. The van der Waals surface area contributed by atoms with Gasteiger partial charge in [0.15, 0.2) is 0 Å². The predicted octanol–water partition coefficient (Wildman–Crippen LogP) is 2.24. The fraction of sp³-hybridized carbons (Fsp3) is 0.500. The number of carbonyl (C=O) groups is 2. The molecule has 0 aromatic carbocycles. The Hall–Kier alpha value is -2.17. The zero-order valence-corrected chi connectivity index (χ0v) is 14.4. The van der Waals surface area contributed by atoms with Crippen molar-refractivity contribution in [1.29, 1.82) is 0 Å². The van der Waals surface area contributed by atoms with E-state index >= 15 is 0 Å². The molecular weight excluding hydrogens is 290 g/mol. The van der Waals surface area contributed by atoms with E-state index in [2.05, 4.69) is 32.3 Å². The van der Waals surface area contributed by atoms with Crippen LogP contribution in [0.4, 0.5) is 0 Å². The number of rotatable bonds is 2. The van der Waals surface area contributed by atoms with Gasteiger partial charge in [-0.25, -0.2) is 0 Å². The summed E-state index contributed by atoms with van der Waals surface area (Å²) in [6, 6.07) is 3.61. The first-order chi connectivity index (χ1) is 10.7. The molecule has 1 aromatic rings. The van der Waals surface area contributed by atoms with E-state index in [1.807, 2.05) is 13.0 Å². The van der Waals surface area contributed by atoms with Crippen LogP contribution in [0.1, 0.15) is 43.7 Å². The van der Waals surface area contributed by atoms with Gasteiger partial charge in [-0.3, -0.25) is 14.6 Å². The summed E-state index contributed by atoms with van der Waals surface area (Å²) in [5.41, 5.74) is 1.45. The summed E-state index contributed by atoms with van der Waals surface area (Å²) in [4.78, 5) is 32.4. The van der Waals surface area contributed by atoms with Crippen LogP contribution in [0.3, 0.4) is 0 Å². The van der Waals surface area contributed by atoms with Gasteiger partial charge in [0, 0.05) is 48.5 Å². The molecule has 1 aromatic heterocycles. The summed E-state index contributed by atoms with van der Waals surface area (Å²) in [7, 11) is 0. The molecule has 5 nitrogen and oxygen atoms in total. The number of aromatic nitrogens is 1. The molecule has 1 saturated heterocycles. The Balaban J connectivity index is 2.13. The Bertz CT molecular complexity index is 619. The van der Waals surface area contributed by atoms with E-state index < -0.39 is 0 Å². The van der Waals surface area contributed by atoms with Crippen LogP contribution in [0.5, 0.6) is 0 Å². The van der Waals surface area contributed by atoms with Gasteiger partial charge in [-0.2, -0.15) is 0 Å². The molecule has 1 atom stereocenters. The van der Waals surface area contributed by atoms with E-state index in [1.54, 1.807) is 22.1 Å². The molecule has 0 radical (unpaired) electrons. The Kier molecular flexibility index (Phi) is 4.88. The minimum Gasteiger partial charge on any atom is -0.335 e. The minimum atomic E-state index is -0.0986. The number of pyridine rings is 1. The van der Waals surface area contributed by atoms with Crippen molar-refractivity contribution in [2.45, 2.75) is 39.2 Å². The van der Waals surface area contributed by atoms with Crippen molar-refractivity contribution in [3.8, 4) is 0 Å². The monoisotopic (exact) mass is 315 g/mol. The van der Waals surface area contributed by atoms with Crippen LogP contribution in [0, 0.1) is 0 Å². The van der Waals surface area contributed by atoms with E-state index in [4.69, 9.17) is 0 Å². The number of hydrogen-bond donors (Lipinski definition) is 0. The molecule has 0 bridgehead atoms. The summed E-state index contributed by atoms with van der Waals surface area (Å²) in [6.07, 6.45) is 3.02. The largest absolute Gasteiger partial charge is 0.335 e. The molecule has 0 N–H and O–H groups in total. The third kappa shape index (κ3) is 3.78. The van der Waals surface area contributed by atoms with Gasteiger partial charge in [-0.1, -0.05) is 27.4 Å². The second-order valence-electron chi connectivity index (χ2n) is 7.02. The van der Waals surface area contributed by atoms with Crippen LogP contribution in [-0.2, 0) is 10.2 Å². The Morgan fingerprint density at radius 2 is 2.04 bits per heavy atom. The number of nitrogens with zero attached hydrogens (tertiary/aromatic N) is 3. The number of hydrogen-bond acceptors (Lipinski definition) is 3. The predicted molar refractivity (Wildman–Crippen MR) is 90.2 cm³/mol. The van der Waals surface area contributed by atoms with E-state index in [1.165, 1.54) is 6.08 Å². The smallest absolute Gasteiger partial charge is 0.254 e. The molecule has 0 saturated carbocycles. The lowest BCUT2D eigenvalue weighted by Crippen LogP contribution is -2.55. The summed E-state index contributed by atoms with van der Waals surface area (Å²) in [6.45, 7) is 13.3. The third-order valence-corrected chi connectivity index (χ3v) is 4.15. The van der Waals surface area contributed by atoms with Crippen molar-refractivity contribution in [3.63, 3.8) is 0 Å². The van der Waals surface area contributed by atoms with Crippen LogP contribution in [-0.4, -0.2) is 52.3 Å². The second-order valence-corrected chi connectivity index (χ2v) is 7.02. The molecule has 124 valence electrons. The second kappa shape index (κ2) is 6.52. The molecule has 2 heterocycles. The maximum Gasteiger partial charge on any atom is 0.254 e. The Morgan fingerprint density at radius 1 is 1.35 bits per heavy atom. The summed E-state index contributed by atoms with van der Waals surface area (Å²) in [5, 5.41) is 0. The van der Waals surface area contributed by atoms with Crippen LogP contribution in [0.2, 0.25) is 0 Å². The molecule has 1 aliphatic rings. The molecular formula is C18H25N3O2. The molecule has 5 heteroatoms. The average Bonchev–Trinajstić information content (AvgIpc) is 2.52. The molecule has 1 aliphatic heterocycles. The van der Waals surface area contributed by atoms with Gasteiger partial charge in [0.25, 0.3) is 5.91 Å². The molecule has 0 unspecified atom stereocenters. The molecule has 2 rings (SSSR count). The zero-order valence-electron chi connectivity index (χ0n) is 14.4. The Labute approximate surface area is 138 Å². The lowest BCUT2D eigenvalue weighted by Gasteiger charge is -2.39. The first-order valence-electron chi connectivity index (χ1n) is 7.93. The third-order valence-electron chi connectivity index (χ3n) is 4.15. The van der Waals surface area contributed by atoms with Crippen LogP contribution < -0.4 is 0 Å². The van der Waals surface area contributed by atoms with Crippen molar-refractivity contribution in [2.75, 3.05) is 19.6 Å². The van der Waals surface area contributed by atoms with Gasteiger partial charge in [-0.15, -0.1) is 0 Å². The molecule has 1 fully saturated rings. The van der Waals surface area contributed by atoms with Crippen molar-refractivity contribution < 1.29 is 9.59 Å². The van der Waals surface area contributed by atoms with Crippen LogP contribution >= 0.6 is 0 Å². The highest BCUT2D eigenvalue weighted by Gasteiger charge is 2.29. The Morgan fingerprint density at radius 3 is 2.61 bits per heavy atom. The molecule has 2 amide bonds. The summed E-state index contributed by atoms with van der Waals surface area (Å²) >= 11 is 0. The first kappa shape index (κ1) is 17.2.